The summed E-state index contributed by atoms with van der Waals surface area (Å²) in [6, 6.07) is 3.15. The Morgan fingerprint density at radius 3 is 2.43 bits per heavy atom. The molecule has 0 saturated carbocycles. The molecule has 0 saturated heterocycles. The van der Waals surface area contributed by atoms with Gasteiger partial charge in [-0.05, 0) is 25.0 Å². The van der Waals surface area contributed by atoms with Crippen molar-refractivity contribution in [2.24, 2.45) is 5.73 Å². The standard InChI is InChI=1S/C11H13F2N/c1-2-3-7-10(14)11-8(12)5-4-6-9(11)13/h2,4-6,10H,1,3,7,14H2. The average molecular weight is 197 g/mol. The lowest BCUT2D eigenvalue weighted by Crippen LogP contribution is -2.13. The van der Waals surface area contributed by atoms with Crippen LogP contribution in [0.15, 0.2) is 30.9 Å². The number of hydrogen-bond donors (Lipinski definition) is 1. The van der Waals surface area contributed by atoms with E-state index in [0.29, 0.717) is 12.8 Å². The Morgan fingerprint density at radius 1 is 1.36 bits per heavy atom. The van der Waals surface area contributed by atoms with Gasteiger partial charge in [0.2, 0.25) is 0 Å². The van der Waals surface area contributed by atoms with Crippen molar-refractivity contribution in [2.45, 2.75) is 18.9 Å². The Bertz CT molecular complexity index is 303. The first-order chi connectivity index (χ1) is 6.66. The van der Waals surface area contributed by atoms with E-state index < -0.39 is 17.7 Å². The third-order valence-corrected chi connectivity index (χ3v) is 2.05. The van der Waals surface area contributed by atoms with Crippen LogP contribution in [-0.4, -0.2) is 0 Å². The van der Waals surface area contributed by atoms with Crippen LogP contribution in [0.3, 0.4) is 0 Å². The Hall–Kier alpha value is -1.22. The second-order valence-corrected chi connectivity index (χ2v) is 3.11. The van der Waals surface area contributed by atoms with E-state index in [0.717, 1.165) is 0 Å². The molecule has 0 aliphatic carbocycles. The zero-order valence-electron chi connectivity index (χ0n) is 7.84. The van der Waals surface area contributed by atoms with Gasteiger partial charge < -0.3 is 5.73 Å². The number of rotatable bonds is 4. The number of hydrogen-bond acceptors (Lipinski definition) is 1. The van der Waals surface area contributed by atoms with Crippen molar-refractivity contribution in [2.75, 3.05) is 0 Å². The SMILES string of the molecule is C=CCCC(N)c1c(F)cccc1F. The summed E-state index contributed by atoms with van der Waals surface area (Å²) >= 11 is 0. The molecule has 1 aromatic rings. The third-order valence-electron chi connectivity index (χ3n) is 2.05. The molecule has 1 aromatic carbocycles. The molecular weight excluding hydrogens is 184 g/mol. The summed E-state index contributed by atoms with van der Waals surface area (Å²) in [5.74, 6) is -1.16. The van der Waals surface area contributed by atoms with Crippen LogP contribution in [0.25, 0.3) is 0 Å². The van der Waals surface area contributed by atoms with Crippen LogP contribution in [0.2, 0.25) is 0 Å². The second-order valence-electron chi connectivity index (χ2n) is 3.11. The summed E-state index contributed by atoms with van der Waals surface area (Å²) in [7, 11) is 0. The minimum Gasteiger partial charge on any atom is -0.324 e. The molecule has 1 nitrogen and oxygen atoms in total. The molecule has 0 aliphatic rings. The zero-order chi connectivity index (χ0) is 10.6. The molecule has 0 aromatic heterocycles. The van der Waals surface area contributed by atoms with Gasteiger partial charge in [0.25, 0.3) is 0 Å². The van der Waals surface area contributed by atoms with Crippen LogP contribution >= 0.6 is 0 Å². The molecule has 0 heterocycles. The minimum atomic E-state index is -0.603. The lowest BCUT2D eigenvalue weighted by molar-refractivity contribution is 0.514. The van der Waals surface area contributed by atoms with Crippen LogP contribution < -0.4 is 5.73 Å². The lowest BCUT2D eigenvalue weighted by Gasteiger charge is -2.12. The third kappa shape index (κ3) is 2.39. The van der Waals surface area contributed by atoms with E-state index >= 15 is 0 Å². The van der Waals surface area contributed by atoms with Gasteiger partial charge in [-0.25, -0.2) is 8.78 Å². The van der Waals surface area contributed by atoms with Crippen molar-refractivity contribution in [1.29, 1.82) is 0 Å². The van der Waals surface area contributed by atoms with Crippen molar-refractivity contribution in [3.8, 4) is 0 Å². The smallest absolute Gasteiger partial charge is 0.130 e. The normalized spacial score (nSPS) is 12.5. The number of benzene rings is 1. The monoisotopic (exact) mass is 197 g/mol. The summed E-state index contributed by atoms with van der Waals surface area (Å²) in [6.45, 7) is 3.53. The topological polar surface area (TPSA) is 26.0 Å². The highest BCUT2D eigenvalue weighted by molar-refractivity contribution is 5.22. The molecular formula is C11H13F2N. The van der Waals surface area contributed by atoms with Gasteiger partial charge in [0.05, 0.1) is 0 Å². The van der Waals surface area contributed by atoms with E-state index in [1.807, 2.05) is 0 Å². The largest absolute Gasteiger partial charge is 0.324 e. The summed E-state index contributed by atoms with van der Waals surface area (Å²) in [5, 5.41) is 0. The molecule has 0 radical (unpaired) electrons. The highest BCUT2D eigenvalue weighted by Gasteiger charge is 2.15. The van der Waals surface area contributed by atoms with Gasteiger partial charge in [0, 0.05) is 11.6 Å². The summed E-state index contributed by atoms with van der Waals surface area (Å²) < 4.78 is 26.4. The molecule has 0 aliphatic heterocycles. The predicted octanol–water partition coefficient (Wildman–Crippen LogP) is 2.93. The van der Waals surface area contributed by atoms with Gasteiger partial charge in [0.1, 0.15) is 11.6 Å². The fourth-order valence-electron chi connectivity index (χ4n) is 1.31. The Balaban J connectivity index is 2.87. The molecule has 14 heavy (non-hydrogen) atoms. The Labute approximate surface area is 82.2 Å². The first-order valence-corrected chi connectivity index (χ1v) is 4.47. The number of allylic oxidation sites excluding steroid dienone is 1. The summed E-state index contributed by atoms with van der Waals surface area (Å²) in [4.78, 5) is 0. The van der Waals surface area contributed by atoms with Crippen LogP contribution in [0.1, 0.15) is 24.4 Å². The minimum absolute atomic E-state index is 0.0330. The summed E-state index contributed by atoms with van der Waals surface area (Å²) in [5.41, 5.74) is 5.62. The number of nitrogens with two attached hydrogens (primary N) is 1. The molecule has 1 atom stereocenters. The number of halogens is 2. The molecule has 0 amide bonds. The molecule has 0 fully saturated rings. The van der Waals surface area contributed by atoms with Crippen LogP contribution in [-0.2, 0) is 0 Å². The molecule has 0 bridgehead atoms. The van der Waals surface area contributed by atoms with E-state index in [4.69, 9.17) is 5.73 Å². The lowest BCUT2D eigenvalue weighted by atomic mass is 10.0. The maximum Gasteiger partial charge on any atom is 0.130 e. The van der Waals surface area contributed by atoms with E-state index in [1.165, 1.54) is 18.2 Å². The van der Waals surface area contributed by atoms with E-state index in [1.54, 1.807) is 6.08 Å². The van der Waals surface area contributed by atoms with Crippen molar-refractivity contribution in [3.63, 3.8) is 0 Å². The molecule has 76 valence electrons. The van der Waals surface area contributed by atoms with Crippen molar-refractivity contribution in [3.05, 3.63) is 48.1 Å². The molecule has 3 heteroatoms. The highest BCUT2D eigenvalue weighted by atomic mass is 19.1. The maximum absolute atomic E-state index is 13.2. The fraction of sp³-hybridized carbons (Fsp3) is 0.273. The van der Waals surface area contributed by atoms with E-state index in [9.17, 15) is 8.78 Å². The maximum atomic E-state index is 13.2. The van der Waals surface area contributed by atoms with Gasteiger partial charge in [-0.2, -0.15) is 0 Å². The van der Waals surface area contributed by atoms with Crippen molar-refractivity contribution in [1.82, 2.24) is 0 Å². The van der Waals surface area contributed by atoms with Crippen LogP contribution in [0.5, 0.6) is 0 Å². The predicted molar refractivity (Wildman–Crippen MR) is 52.7 cm³/mol. The van der Waals surface area contributed by atoms with Gasteiger partial charge in [-0.3, -0.25) is 0 Å². The average Bonchev–Trinajstić information content (AvgIpc) is 2.14. The van der Waals surface area contributed by atoms with Gasteiger partial charge in [0.15, 0.2) is 0 Å². The molecule has 2 N–H and O–H groups in total. The van der Waals surface area contributed by atoms with E-state index in [-0.39, 0.29) is 5.56 Å². The first-order valence-electron chi connectivity index (χ1n) is 4.47. The fourth-order valence-corrected chi connectivity index (χ4v) is 1.31. The molecule has 0 spiro atoms. The van der Waals surface area contributed by atoms with Gasteiger partial charge in [-0.15, -0.1) is 6.58 Å². The Morgan fingerprint density at radius 2 is 1.93 bits per heavy atom. The van der Waals surface area contributed by atoms with Crippen molar-refractivity contribution >= 4 is 0 Å². The first kappa shape index (κ1) is 10.9. The van der Waals surface area contributed by atoms with Gasteiger partial charge >= 0.3 is 0 Å². The zero-order valence-corrected chi connectivity index (χ0v) is 7.84. The van der Waals surface area contributed by atoms with Crippen molar-refractivity contribution < 1.29 is 8.78 Å². The Kier molecular flexibility index (Phi) is 3.77. The van der Waals surface area contributed by atoms with E-state index in [2.05, 4.69) is 6.58 Å². The molecule has 1 unspecified atom stereocenters. The highest BCUT2D eigenvalue weighted by Crippen LogP contribution is 2.22. The summed E-state index contributed by atoms with van der Waals surface area (Å²) in [6.07, 6.45) is 2.83. The second kappa shape index (κ2) is 4.86. The van der Waals surface area contributed by atoms with Crippen LogP contribution in [0, 0.1) is 11.6 Å². The molecule has 1 rings (SSSR count). The quantitative estimate of drug-likeness (QED) is 0.738. The van der Waals surface area contributed by atoms with Gasteiger partial charge in [-0.1, -0.05) is 12.1 Å². The van der Waals surface area contributed by atoms with Crippen LogP contribution in [0.4, 0.5) is 8.78 Å².